The summed E-state index contributed by atoms with van der Waals surface area (Å²) in [6.07, 6.45) is 6.67. The fourth-order valence-electron chi connectivity index (χ4n) is 3.20. The molecule has 0 bridgehead atoms. The van der Waals surface area contributed by atoms with Crippen molar-refractivity contribution in [3.63, 3.8) is 0 Å². The number of carbonyl (C=O) groups excluding carboxylic acids is 2. The van der Waals surface area contributed by atoms with Gasteiger partial charge in [0, 0.05) is 30.8 Å². The van der Waals surface area contributed by atoms with Crippen molar-refractivity contribution in [2.45, 2.75) is 58.8 Å². The van der Waals surface area contributed by atoms with Gasteiger partial charge in [0.05, 0.1) is 4.88 Å². The van der Waals surface area contributed by atoms with E-state index in [1.54, 1.807) is 0 Å². The SMILES string of the molecule is CCCC1CCCN(C(=O)CCC(=O)c2ccc(C)s2)CC1. The minimum absolute atomic E-state index is 0.102. The first-order valence-electron chi connectivity index (χ1n) is 8.47. The number of carbonyl (C=O) groups is 2. The number of thiophene rings is 1. The summed E-state index contributed by atoms with van der Waals surface area (Å²) in [6, 6.07) is 3.83. The van der Waals surface area contributed by atoms with Crippen LogP contribution in [0.15, 0.2) is 12.1 Å². The van der Waals surface area contributed by atoms with Crippen molar-refractivity contribution >= 4 is 23.0 Å². The van der Waals surface area contributed by atoms with Crippen LogP contribution in [0.25, 0.3) is 0 Å². The van der Waals surface area contributed by atoms with Crippen LogP contribution in [0.3, 0.4) is 0 Å². The Labute approximate surface area is 137 Å². The van der Waals surface area contributed by atoms with E-state index in [0.717, 1.165) is 41.6 Å². The fourth-order valence-corrected chi connectivity index (χ4v) is 4.03. The number of ketones is 1. The molecule has 2 rings (SSSR count). The lowest BCUT2D eigenvalue weighted by Gasteiger charge is -2.20. The smallest absolute Gasteiger partial charge is 0.223 e. The van der Waals surface area contributed by atoms with Gasteiger partial charge in [0.15, 0.2) is 5.78 Å². The fraction of sp³-hybridized carbons (Fsp3) is 0.667. The van der Waals surface area contributed by atoms with Gasteiger partial charge in [-0.05, 0) is 44.2 Å². The van der Waals surface area contributed by atoms with Crippen molar-refractivity contribution in [3.8, 4) is 0 Å². The van der Waals surface area contributed by atoms with Crippen LogP contribution in [-0.2, 0) is 4.79 Å². The van der Waals surface area contributed by atoms with Gasteiger partial charge < -0.3 is 4.90 Å². The normalized spacial score (nSPS) is 19.0. The quantitative estimate of drug-likeness (QED) is 0.726. The summed E-state index contributed by atoms with van der Waals surface area (Å²) in [5.74, 6) is 1.03. The van der Waals surface area contributed by atoms with Crippen LogP contribution < -0.4 is 0 Å². The first-order valence-corrected chi connectivity index (χ1v) is 9.29. The summed E-state index contributed by atoms with van der Waals surface area (Å²) in [4.78, 5) is 28.3. The van der Waals surface area contributed by atoms with Crippen molar-refractivity contribution in [2.24, 2.45) is 5.92 Å². The zero-order valence-electron chi connectivity index (χ0n) is 13.8. The van der Waals surface area contributed by atoms with Crippen molar-refractivity contribution in [1.82, 2.24) is 4.90 Å². The summed E-state index contributed by atoms with van der Waals surface area (Å²) in [5, 5.41) is 0. The predicted molar refractivity (Wildman–Crippen MR) is 91.4 cm³/mol. The van der Waals surface area contributed by atoms with E-state index in [-0.39, 0.29) is 11.7 Å². The maximum absolute atomic E-state index is 12.3. The molecule has 0 aliphatic carbocycles. The average Bonchev–Trinajstić information content (AvgIpc) is 2.80. The number of rotatable bonds is 6. The van der Waals surface area contributed by atoms with Gasteiger partial charge in [-0.15, -0.1) is 11.3 Å². The van der Waals surface area contributed by atoms with Crippen LogP contribution in [0.5, 0.6) is 0 Å². The topological polar surface area (TPSA) is 37.4 Å². The Hall–Kier alpha value is -1.16. The molecule has 4 heteroatoms. The van der Waals surface area contributed by atoms with Crippen LogP contribution >= 0.6 is 11.3 Å². The summed E-state index contributed by atoms with van der Waals surface area (Å²) in [6.45, 7) is 5.96. The highest BCUT2D eigenvalue weighted by molar-refractivity contribution is 7.14. The molecule has 0 aromatic carbocycles. The highest BCUT2D eigenvalue weighted by Gasteiger charge is 2.21. The minimum atomic E-state index is 0.102. The Morgan fingerprint density at radius 3 is 2.73 bits per heavy atom. The number of aryl methyl sites for hydroxylation is 1. The van der Waals surface area contributed by atoms with Crippen LogP contribution in [0, 0.1) is 12.8 Å². The molecule has 22 heavy (non-hydrogen) atoms. The molecule has 0 N–H and O–H groups in total. The zero-order valence-corrected chi connectivity index (χ0v) is 14.6. The molecule has 1 amide bonds. The van der Waals surface area contributed by atoms with Crippen LogP contribution in [0.4, 0.5) is 0 Å². The number of likely N-dealkylation sites (tertiary alicyclic amines) is 1. The lowest BCUT2D eigenvalue weighted by atomic mass is 9.96. The second-order valence-corrected chi connectivity index (χ2v) is 7.59. The molecule has 2 heterocycles. The van der Waals surface area contributed by atoms with Crippen molar-refractivity contribution in [2.75, 3.05) is 13.1 Å². The maximum Gasteiger partial charge on any atom is 0.223 e. The Morgan fingerprint density at radius 1 is 1.23 bits per heavy atom. The average molecular weight is 321 g/mol. The number of hydrogen-bond acceptors (Lipinski definition) is 3. The minimum Gasteiger partial charge on any atom is -0.343 e. The largest absolute Gasteiger partial charge is 0.343 e. The van der Waals surface area contributed by atoms with Gasteiger partial charge >= 0.3 is 0 Å². The highest BCUT2D eigenvalue weighted by Crippen LogP contribution is 2.23. The second kappa shape index (κ2) is 8.47. The number of amides is 1. The third kappa shape index (κ3) is 4.94. The second-order valence-electron chi connectivity index (χ2n) is 6.30. The summed E-state index contributed by atoms with van der Waals surface area (Å²) < 4.78 is 0. The molecule has 3 nitrogen and oxygen atoms in total. The first kappa shape index (κ1) is 17.2. The Kier molecular flexibility index (Phi) is 6.62. The molecule has 1 unspecified atom stereocenters. The Balaban J connectivity index is 1.78. The molecular weight excluding hydrogens is 294 g/mol. The van der Waals surface area contributed by atoms with Crippen molar-refractivity contribution in [3.05, 3.63) is 21.9 Å². The van der Waals surface area contributed by atoms with Gasteiger partial charge in [-0.3, -0.25) is 9.59 Å². The van der Waals surface area contributed by atoms with Crippen molar-refractivity contribution in [1.29, 1.82) is 0 Å². The molecule has 0 spiro atoms. The molecule has 1 fully saturated rings. The number of Topliss-reactive ketones (excluding diaryl/α,β-unsaturated/α-hetero) is 1. The predicted octanol–water partition coefficient (Wildman–Crippen LogP) is 4.45. The lowest BCUT2D eigenvalue weighted by Crippen LogP contribution is -2.32. The van der Waals surface area contributed by atoms with Gasteiger partial charge in [-0.25, -0.2) is 0 Å². The van der Waals surface area contributed by atoms with E-state index in [9.17, 15) is 9.59 Å². The van der Waals surface area contributed by atoms with Crippen LogP contribution in [0.2, 0.25) is 0 Å². The van der Waals surface area contributed by atoms with E-state index in [1.807, 2.05) is 24.0 Å². The third-order valence-electron chi connectivity index (χ3n) is 4.48. The highest BCUT2D eigenvalue weighted by atomic mass is 32.1. The molecule has 1 aliphatic rings. The Bertz CT molecular complexity index is 509. The summed E-state index contributed by atoms with van der Waals surface area (Å²) in [5.41, 5.74) is 0. The molecule has 1 aliphatic heterocycles. The third-order valence-corrected chi connectivity index (χ3v) is 5.52. The Morgan fingerprint density at radius 2 is 2.05 bits per heavy atom. The van der Waals surface area contributed by atoms with Crippen LogP contribution in [0.1, 0.15) is 66.4 Å². The molecule has 1 saturated heterocycles. The molecule has 0 saturated carbocycles. The van der Waals surface area contributed by atoms with Gasteiger partial charge in [0.25, 0.3) is 0 Å². The zero-order chi connectivity index (χ0) is 15.9. The summed E-state index contributed by atoms with van der Waals surface area (Å²) in [7, 11) is 0. The molecular formula is C18H27NO2S. The molecule has 1 aromatic heterocycles. The van der Waals surface area contributed by atoms with Crippen molar-refractivity contribution < 1.29 is 9.59 Å². The molecule has 1 atom stereocenters. The number of hydrogen-bond donors (Lipinski definition) is 0. The molecule has 1 aromatic rings. The van der Waals surface area contributed by atoms with Gasteiger partial charge in [-0.2, -0.15) is 0 Å². The van der Waals surface area contributed by atoms with E-state index in [2.05, 4.69) is 6.92 Å². The van der Waals surface area contributed by atoms with E-state index in [4.69, 9.17) is 0 Å². The van der Waals surface area contributed by atoms with E-state index < -0.39 is 0 Å². The molecule has 122 valence electrons. The summed E-state index contributed by atoms with van der Waals surface area (Å²) >= 11 is 1.52. The van der Waals surface area contributed by atoms with E-state index in [1.165, 1.54) is 30.6 Å². The standard InChI is InChI=1S/C18H27NO2S/c1-3-5-15-6-4-12-19(13-11-15)18(21)10-8-16(20)17-9-7-14(2)22-17/h7,9,15H,3-6,8,10-13H2,1-2H3. The number of nitrogens with zero attached hydrogens (tertiary/aromatic N) is 1. The van der Waals surface area contributed by atoms with Gasteiger partial charge in [0.2, 0.25) is 5.91 Å². The monoisotopic (exact) mass is 321 g/mol. The lowest BCUT2D eigenvalue weighted by molar-refractivity contribution is -0.131. The van der Waals surface area contributed by atoms with Crippen LogP contribution in [-0.4, -0.2) is 29.7 Å². The van der Waals surface area contributed by atoms with E-state index in [0.29, 0.717) is 12.8 Å². The maximum atomic E-state index is 12.3. The van der Waals surface area contributed by atoms with Gasteiger partial charge in [0.1, 0.15) is 0 Å². The molecule has 0 radical (unpaired) electrons. The first-order chi connectivity index (χ1) is 10.6. The van der Waals surface area contributed by atoms with E-state index >= 15 is 0 Å². The van der Waals surface area contributed by atoms with Gasteiger partial charge in [-0.1, -0.05) is 19.8 Å².